The van der Waals surface area contributed by atoms with E-state index in [-0.39, 0.29) is 12.4 Å². The van der Waals surface area contributed by atoms with Gasteiger partial charge in [0.05, 0.1) is 0 Å². The van der Waals surface area contributed by atoms with E-state index in [0.29, 0.717) is 6.42 Å². The molecule has 1 unspecified atom stereocenters. The van der Waals surface area contributed by atoms with Gasteiger partial charge in [-0.25, -0.2) is 0 Å². The topological polar surface area (TPSA) is 52.6 Å². The zero-order valence-electron chi connectivity index (χ0n) is 8.12. The van der Waals surface area contributed by atoms with E-state index >= 15 is 0 Å². The van der Waals surface area contributed by atoms with Gasteiger partial charge < -0.3 is 9.47 Å². The summed E-state index contributed by atoms with van der Waals surface area (Å²) in [5.41, 5.74) is 0. The molecule has 0 aliphatic heterocycles. The standard InChI is InChI=1S/C9H16O4/c1-3-4-5-6-9(11)13-8(2)12-7-10/h7-8H,3-6H2,1-2H3. The highest BCUT2D eigenvalue weighted by Crippen LogP contribution is 2.02. The van der Waals surface area contributed by atoms with Crippen LogP contribution in [0.25, 0.3) is 0 Å². The zero-order valence-corrected chi connectivity index (χ0v) is 8.12. The highest BCUT2D eigenvalue weighted by molar-refractivity contribution is 5.69. The molecule has 0 aromatic heterocycles. The second-order valence-corrected chi connectivity index (χ2v) is 2.75. The molecule has 0 rings (SSSR count). The van der Waals surface area contributed by atoms with Crippen LogP contribution in [0.15, 0.2) is 0 Å². The maximum Gasteiger partial charge on any atom is 0.308 e. The molecular weight excluding hydrogens is 172 g/mol. The minimum Gasteiger partial charge on any atom is -0.428 e. The Labute approximate surface area is 78.2 Å². The fraction of sp³-hybridized carbons (Fsp3) is 0.778. The fourth-order valence-electron chi connectivity index (χ4n) is 0.869. The smallest absolute Gasteiger partial charge is 0.308 e. The first-order valence-electron chi connectivity index (χ1n) is 4.49. The lowest BCUT2D eigenvalue weighted by molar-refractivity contribution is -0.176. The molecule has 13 heavy (non-hydrogen) atoms. The maximum atomic E-state index is 11.0. The second-order valence-electron chi connectivity index (χ2n) is 2.75. The van der Waals surface area contributed by atoms with Crippen molar-refractivity contribution in [1.29, 1.82) is 0 Å². The Bertz CT molecular complexity index is 156. The average molecular weight is 188 g/mol. The van der Waals surface area contributed by atoms with Crippen LogP contribution in [-0.2, 0) is 19.1 Å². The predicted molar refractivity (Wildman–Crippen MR) is 46.8 cm³/mol. The van der Waals surface area contributed by atoms with Crippen molar-refractivity contribution in [2.45, 2.75) is 45.8 Å². The molecule has 0 saturated heterocycles. The predicted octanol–water partition coefficient (Wildman–Crippen LogP) is 1.63. The van der Waals surface area contributed by atoms with Crippen LogP contribution in [0.5, 0.6) is 0 Å². The number of rotatable bonds is 7. The molecule has 0 radical (unpaired) electrons. The van der Waals surface area contributed by atoms with E-state index in [1.54, 1.807) is 0 Å². The molecule has 0 aromatic carbocycles. The van der Waals surface area contributed by atoms with Gasteiger partial charge in [0.25, 0.3) is 6.47 Å². The van der Waals surface area contributed by atoms with Crippen LogP contribution in [0.1, 0.15) is 39.5 Å². The lowest BCUT2D eigenvalue weighted by atomic mass is 10.2. The van der Waals surface area contributed by atoms with Crippen molar-refractivity contribution < 1.29 is 19.1 Å². The Morgan fingerprint density at radius 1 is 1.46 bits per heavy atom. The Morgan fingerprint density at radius 2 is 2.15 bits per heavy atom. The van der Waals surface area contributed by atoms with Gasteiger partial charge in [-0.3, -0.25) is 9.59 Å². The zero-order chi connectivity index (χ0) is 10.1. The first-order chi connectivity index (χ1) is 6.20. The number of hydrogen-bond acceptors (Lipinski definition) is 4. The summed E-state index contributed by atoms with van der Waals surface area (Å²) < 4.78 is 9.14. The largest absolute Gasteiger partial charge is 0.428 e. The molecule has 0 aliphatic carbocycles. The number of esters is 1. The van der Waals surface area contributed by atoms with Crippen LogP contribution >= 0.6 is 0 Å². The summed E-state index contributed by atoms with van der Waals surface area (Å²) in [5.74, 6) is -0.317. The Hall–Kier alpha value is -1.06. The summed E-state index contributed by atoms with van der Waals surface area (Å²) in [6.45, 7) is 3.83. The van der Waals surface area contributed by atoms with E-state index < -0.39 is 6.29 Å². The molecule has 0 heterocycles. The third kappa shape index (κ3) is 7.31. The van der Waals surface area contributed by atoms with E-state index in [4.69, 9.17) is 4.74 Å². The number of carbonyl (C=O) groups is 2. The monoisotopic (exact) mass is 188 g/mol. The molecule has 0 fully saturated rings. The molecular formula is C9H16O4. The highest BCUT2D eigenvalue weighted by Gasteiger charge is 2.08. The molecule has 4 heteroatoms. The van der Waals surface area contributed by atoms with E-state index in [0.717, 1.165) is 19.3 Å². The van der Waals surface area contributed by atoms with Crippen LogP contribution in [0.2, 0.25) is 0 Å². The maximum absolute atomic E-state index is 11.0. The van der Waals surface area contributed by atoms with E-state index in [1.165, 1.54) is 6.92 Å². The van der Waals surface area contributed by atoms with Crippen LogP contribution in [0.4, 0.5) is 0 Å². The Balaban J connectivity index is 3.43. The lowest BCUT2D eigenvalue weighted by Crippen LogP contribution is -2.17. The molecule has 0 saturated carbocycles. The summed E-state index contributed by atoms with van der Waals surface area (Å²) in [6.07, 6.45) is 2.52. The molecule has 0 N–H and O–H groups in total. The fourth-order valence-corrected chi connectivity index (χ4v) is 0.869. The normalized spacial score (nSPS) is 11.8. The molecule has 76 valence electrons. The summed E-state index contributed by atoms with van der Waals surface area (Å²) in [6, 6.07) is 0. The van der Waals surface area contributed by atoms with Gasteiger partial charge in [-0.15, -0.1) is 0 Å². The third-order valence-electron chi connectivity index (χ3n) is 1.53. The quantitative estimate of drug-likeness (QED) is 0.264. The number of hydrogen-bond donors (Lipinski definition) is 0. The first-order valence-corrected chi connectivity index (χ1v) is 4.49. The SMILES string of the molecule is CCCCCC(=O)OC(C)OC=O. The lowest BCUT2D eigenvalue weighted by Gasteiger charge is -2.10. The van der Waals surface area contributed by atoms with Crippen molar-refractivity contribution in [3.63, 3.8) is 0 Å². The van der Waals surface area contributed by atoms with Gasteiger partial charge in [-0.1, -0.05) is 19.8 Å². The van der Waals surface area contributed by atoms with Crippen molar-refractivity contribution in [2.75, 3.05) is 0 Å². The van der Waals surface area contributed by atoms with Gasteiger partial charge in [-0.2, -0.15) is 0 Å². The van der Waals surface area contributed by atoms with Crippen molar-refractivity contribution in [3.05, 3.63) is 0 Å². The van der Waals surface area contributed by atoms with Gasteiger partial charge in [0, 0.05) is 13.3 Å². The summed E-state index contributed by atoms with van der Waals surface area (Å²) in [5, 5.41) is 0. The number of ether oxygens (including phenoxy) is 2. The third-order valence-corrected chi connectivity index (χ3v) is 1.53. The molecule has 0 amide bonds. The Kier molecular flexibility index (Phi) is 6.96. The molecule has 0 spiro atoms. The number of carbonyl (C=O) groups excluding carboxylic acids is 2. The Morgan fingerprint density at radius 3 is 2.69 bits per heavy atom. The van der Waals surface area contributed by atoms with E-state index in [2.05, 4.69) is 11.7 Å². The van der Waals surface area contributed by atoms with Crippen LogP contribution in [0.3, 0.4) is 0 Å². The molecule has 0 aromatic rings. The van der Waals surface area contributed by atoms with Gasteiger partial charge in [0.15, 0.2) is 0 Å². The van der Waals surface area contributed by atoms with Gasteiger partial charge in [0.1, 0.15) is 0 Å². The average Bonchev–Trinajstić information content (AvgIpc) is 2.05. The second kappa shape index (κ2) is 7.58. The van der Waals surface area contributed by atoms with Crippen molar-refractivity contribution in [2.24, 2.45) is 0 Å². The van der Waals surface area contributed by atoms with Crippen molar-refractivity contribution in [3.8, 4) is 0 Å². The van der Waals surface area contributed by atoms with Crippen LogP contribution in [0, 0.1) is 0 Å². The molecule has 4 nitrogen and oxygen atoms in total. The first kappa shape index (κ1) is 11.9. The van der Waals surface area contributed by atoms with Crippen LogP contribution < -0.4 is 0 Å². The molecule has 1 atom stereocenters. The summed E-state index contributed by atoms with van der Waals surface area (Å²) in [7, 11) is 0. The van der Waals surface area contributed by atoms with Crippen molar-refractivity contribution >= 4 is 12.4 Å². The highest BCUT2D eigenvalue weighted by atomic mass is 16.7. The summed E-state index contributed by atoms with van der Waals surface area (Å²) >= 11 is 0. The van der Waals surface area contributed by atoms with Crippen molar-refractivity contribution in [1.82, 2.24) is 0 Å². The van der Waals surface area contributed by atoms with Gasteiger partial charge >= 0.3 is 5.97 Å². The van der Waals surface area contributed by atoms with Gasteiger partial charge in [-0.05, 0) is 6.42 Å². The van der Waals surface area contributed by atoms with Gasteiger partial charge in [0.2, 0.25) is 6.29 Å². The van der Waals surface area contributed by atoms with E-state index in [9.17, 15) is 9.59 Å². The minimum atomic E-state index is -0.772. The minimum absolute atomic E-state index is 0.268. The molecule has 0 bridgehead atoms. The summed E-state index contributed by atoms with van der Waals surface area (Å²) in [4.78, 5) is 20.8. The molecule has 0 aliphatic rings. The van der Waals surface area contributed by atoms with E-state index in [1.807, 2.05) is 0 Å². The number of unbranched alkanes of at least 4 members (excludes halogenated alkanes) is 2. The van der Waals surface area contributed by atoms with Crippen LogP contribution in [-0.4, -0.2) is 18.7 Å².